The van der Waals surface area contributed by atoms with Crippen molar-refractivity contribution >= 4 is 38.9 Å². The van der Waals surface area contributed by atoms with Crippen LogP contribution in [-0.4, -0.2) is 4.57 Å². The fourth-order valence-electron chi connectivity index (χ4n) is 10.0. The molecule has 1 aliphatic carbocycles. The van der Waals surface area contributed by atoms with Crippen molar-refractivity contribution in [2.24, 2.45) is 0 Å². The molecular formula is C55H36N2. The van der Waals surface area contributed by atoms with Crippen LogP contribution in [0.25, 0.3) is 60.9 Å². The Morgan fingerprint density at radius 2 is 0.719 bits per heavy atom. The fraction of sp³-hybridized carbons (Fsp3) is 0.0182. The van der Waals surface area contributed by atoms with E-state index in [4.69, 9.17) is 0 Å². The molecule has 0 atom stereocenters. The Hall–Kier alpha value is -7.42. The van der Waals surface area contributed by atoms with E-state index in [0.29, 0.717) is 0 Å². The van der Waals surface area contributed by atoms with Gasteiger partial charge in [0.1, 0.15) is 0 Å². The molecule has 10 aromatic rings. The van der Waals surface area contributed by atoms with Gasteiger partial charge in [-0.2, -0.15) is 0 Å². The van der Waals surface area contributed by atoms with Crippen molar-refractivity contribution in [3.63, 3.8) is 0 Å². The molecule has 0 unspecified atom stereocenters. The molecule has 57 heavy (non-hydrogen) atoms. The van der Waals surface area contributed by atoms with Crippen LogP contribution in [0.3, 0.4) is 0 Å². The van der Waals surface area contributed by atoms with Crippen LogP contribution in [-0.2, 0) is 5.41 Å². The Bertz CT molecular complexity index is 2980. The van der Waals surface area contributed by atoms with Crippen LogP contribution in [0.2, 0.25) is 0 Å². The minimum absolute atomic E-state index is 0.549. The molecule has 266 valence electrons. The minimum Gasteiger partial charge on any atom is -0.310 e. The number of para-hydroxylation sites is 4. The third-order valence-electron chi connectivity index (χ3n) is 12.4. The number of benzene rings is 9. The van der Waals surface area contributed by atoms with Gasteiger partial charge in [-0.25, -0.2) is 0 Å². The molecule has 0 bridgehead atoms. The number of hydrogen-bond acceptors (Lipinski definition) is 1. The van der Waals surface area contributed by atoms with Crippen molar-refractivity contribution in [2.45, 2.75) is 5.41 Å². The van der Waals surface area contributed by atoms with Gasteiger partial charge in [-0.3, -0.25) is 0 Å². The van der Waals surface area contributed by atoms with Gasteiger partial charge in [0, 0.05) is 22.1 Å². The molecule has 1 spiro atoms. The number of nitrogens with zero attached hydrogens (tertiary/aromatic N) is 2. The topological polar surface area (TPSA) is 8.17 Å². The highest BCUT2D eigenvalue weighted by Crippen LogP contribution is 2.64. The summed E-state index contributed by atoms with van der Waals surface area (Å²) in [6.45, 7) is 0. The van der Waals surface area contributed by atoms with E-state index in [2.05, 4.69) is 228 Å². The van der Waals surface area contributed by atoms with Crippen LogP contribution >= 0.6 is 0 Å². The number of anilines is 3. The zero-order chi connectivity index (χ0) is 37.5. The Morgan fingerprint density at radius 1 is 0.298 bits per heavy atom. The molecule has 0 fully saturated rings. The first kappa shape index (κ1) is 31.9. The third-order valence-corrected chi connectivity index (χ3v) is 12.4. The van der Waals surface area contributed by atoms with E-state index < -0.39 is 5.41 Å². The standard InChI is InChI=1S/C55H36N2/c1-3-15-37(16-4-1)39-27-33-43-44-34-28-40(38-17-5-2-6-18-38)36-50(44)55(49(43)35-39)47-21-9-13-25-53(47)57(54-26-14-10-22-48(54)55)42-31-29-41(30-32-42)56-51-23-11-7-19-45(51)46-20-8-12-24-52(46)56/h1-36H. The van der Waals surface area contributed by atoms with Crippen molar-refractivity contribution in [3.05, 3.63) is 241 Å². The number of hydrogen-bond donors (Lipinski definition) is 0. The number of fused-ring (bicyclic) bond motifs is 12. The second-order valence-corrected chi connectivity index (χ2v) is 15.3. The van der Waals surface area contributed by atoms with E-state index in [0.717, 1.165) is 11.4 Å². The largest absolute Gasteiger partial charge is 0.310 e. The maximum Gasteiger partial charge on any atom is 0.0754 e. The van der Waals surface area contributed by atoms with Gasteiger partial charge >= 0.3 is 0 Å². The monoisotopic (exact) mass is 724 g/mol. The summed E-state index contributed by atoms with van der Waals surface area (Å²) in [6.07, 6.45) is 0. The molecule has 2 heteroatoms. The zero-order valence-corrected chi connectivity index (χ0v) is 31.2. The number of aromatic nitrogens is 1. The SMILES string of the molecule is c1ccc(-c2ccc3c(c2)C2(c4cc(-c5ccccc5)ccc4-3)c3ccccc3N(c3ccc(-n4c5ccccc5c5ccccc54)cc3)c3ccccc32)cc1. The predicted molar refractivity (Wildman–Crippen MR) is 237 cm³/mol. The first-order chi connectivity index (χ1) is 28.3. The highest BCUT2D eigenvalue weighted by molar-refractivity contribution is 6.09. The van der Waals surface area contributed by atoms with E-state index in [1.165, 1.54) is 88.8 Å². The van der Waals surface area contributed by atoms with Gasteiger partial charge in [0.25, 0.3) is 0 Å². The first-order valence-electron chi connectivity index (χ1n) is 19.8. The molecule has 2 aliphatic rings. The first-order valence-corrected chi connectivity index (χ1v) is 19.8. The smallest absolute Gasteiger partial charge is 0.0754 e. The highest BCUT2D eigenvalue weighted by atomic mass is 15.2. The molecule has 0 N–H and O–H groups in total. The summed E-state index contributed by atoms with van der Waals surface area (Å²) in [5, 5.41) is 2.54. The summed E-state index contributed by atoms with van der Waals surface area (Å²) in [7, 11) is 0. The lowest BCUT2D eigenvalue weighted by Gasteiger charge is -2.45. The lowest BCUT2D eigenvalue weighted by atomic mass is 9.64. The van der Waals surface area contributed by atoms with Crippen molar-refractivity contribution in [2.75, 3.05) is 4.90 Å². The predicted octanol–water partition coefficient (Wildman–Crippen LogP) is 14.3. The number of rotatable bonds is 4. The molecule has 12 rings (SSSR count). The van der Waals surface area contributed by atoms with Gasteiger partial charge in [-0.15, -0.1) is 0 Å². The van der Waals surface area contributed by atoms with Crippen molar-refractivity contribution < 1.29 is 0 Å². The molecule has 2 nitrogen and oxygen atoms in total. The van der Waals surface area contributed by atoms with Crippen molar-refractivity contribution in [1.82, 2.24) is 4.57 Å². The van der Waals surface area contributed by atoms with E-state index in [9.17, 15) is 0 Å². The second kappa shape index (κ2) is 12.3. The molecule has 0 radical (unpaired) electrons. The Balaban J connectivity index is 1.10. The summed E-state index contributed by atoms with van der Waals surface area (Å²) in [4.78, 5) is 2.48. The van der Waals surface area contributed by atoms with Crippen LogP contribution < -0.4 is 4.90 Å². The summed E-state index contributed by atoms with van der Waals surface area (Å²) in [5.74, 6) is 0. The van der Waals surface area contributed by atoms with Gasteiger partial charge < -0.3 is 9.47 Å². The summed E-state index contributed by atoms with van der Waals surface area (Å²) in [5.41, 5.74) is 19.2. The Labute approximate surface area is 332 Å². The van der Waals surface area contributed by atoms with Gasteiger partial charge in [0.15, 0.2) is 0 Å². The summed E-state index contributed by atoms with van der Waals surface area (Å²) in [6, 6.07) is 80.6. The van der Waals surface area contributed by atoms with E-state index in [-0.39, 0.29) is 0 Å². The molecular weight excluding hydrogens is 689 g/mol. The fourth-order valence-corrected chi connectivity index (χ4v) is 10.0. The molecule has 1 aromatic heterocycles. The molecule has 0 amide bonds. The minimum atomic E-state index is -0.549. The third kappa shape index (κ3) is 4.53. The van der Waals surface area contributed by atoms with Crippen LogP contribution in [0.1, 0.15) is 22.3 Å². The van der Waals surface area contributed by atoms with Gasteiger partial charge in [0.2, 0.25) is 0 Å². The average Bonchev–Trinajstić information content (AvgIpc) is 3.77. The van der Waals surface area contributed by atoms with E-state index >= 15 is 0 Å². The van der Waals surface area contributed by atoms with Crippen LogP contribution in [0.4, 0.5) is 17.1 Å². The maximum absolute atomic E-state index is 2.48. The lowest BCUT2D eigenvalue weighted by molar-refractivity contribution is 0.753. The quantitative estimate of drug-likeness (QED) is 0.175. The van der Waals surface area contributed by atoms with Crippen molar-refractivity contribution in [1.29, 1.82) is 0 Å². The Morgan fingerprint density at radius 3 is 1.23 bits per heavy atom. The van der Waals surface area contributed by atoms with Crippen LogP contribution in [0, 0.1) is 0 Å². The van der Waals surface area contributed by atoms with E-state index in [1.807, 2.05) is 0 Å². The Kier molecular flexibility index (Phi) is 6.88. The normalized spacial score (nSPS) is 13.4. The molecule has 1 aliphatic heterocycles. The average molecular weight is 725 g/mol. The van der Waals surface area contributed by atoms with Gasteiger partial charge in [-0.1, -0.05) is 158 Å². The molecule has 9 aromatic carbocycles. The lowest BCUT2D eigenvalue weighted by Crippen LogP contribution is -2.36. The van der Waals surface area contributed by atoms with E-state index in [1.54, 1.807) is 0 Å². The summed E-state index contributed by atoms with van der Waals surface area (Å²) >= 11 is 0. The van der Waals surface area contributed by atoms with Gasteiger partial charge in [0.05, 0.1) is 27.8 Å². The van der Waals surface area contributed by atoms with Crippen molar-refractivity contribution in [3.8, 4) is 39.1 Å². The molecule has 0 saturated heterocycles. The molecule has 0 saturated carbocycles. The summed E-state index contributed by atoms with van der Waals surface area (Å²) < 4.78 is 2.39. The maximum atomic E-state index is 2.48. The zero-order valence-electron chi connectivity index (χ0n) is 31.2. The van der Waals surface area contributed by atoms with Gasteiger partial charge in [-0.05, 0) is 116 Å². The highest BCUT2D eigenvalue weighted by Gasteiger charge is 2.52. The molecule has 2 heterocycles. The van der Waals surface area contributed by atoms with Crippen LogP contribution in [0.5, 0.6) is 0 Å². The van der Waals surface area contributed by atoms with Crippen LogP contribution in [0.15, 0.2) is 218 Å². The second-order valence-electron chi connectivity index (χ2n) is 15.3.